The number of nitrogens with zero attached hydrogens (tertiary/aromatic N) is 3. The second-order valence-electron chi connectivity index (χ2n) is 4.68. The van der Waals surface area contributed by atoms with Crippen molar-refractivity contribution in [2.45, 2.75) is 18.9 Å². The van der Waals surface area contributed by atoms with Crippen LogP contribution in [-0.2, 0) is 0 Å². The summed E-state index contributed by atoms with van der Waals surface area (Å²) < 4.78 is 11.0. The average molecular weight is 327 g/mol. The van der Waals surface area contributed by atoms with Crippen LogP contribution in [0, 0.1) is 0 Å². The molecule has 3 rings (SSSR count). The van der Waals surface area contributed by atoms with Gasteiger partial charge in [0.1, 0.15) is 0 Å². The van der Waals surface area contributed by atoms with Gasteiger partial charge < -0.3 is 19.6 Å². The van der Waals surface area contributed by atoms with E-state index in [1.54, 1.807) is 12.3 Å². The number of hydrogen-bond acceptors (Lipinski definition) is 6. The number of nitrogens with two attached hydrogens (primary N) is 1. The second-order valence-corrected chi connectivity index (χ2v) is 5.40. The molecule has 2 N–H and O–H groups in total. The Balaban J connectivity index is 1.72. The van der Waals surface area contributed by atoms with E-state index < -0.39 is 0 Å². The van der Waals surface area contributed by atoms with Gasteiger partial charge in [0, 0.05) is 6.54 Å². The van der Waals surface area contributed by atoms with Crippen LogP contribution in [0.4, 0.5) is 0 Å². The molecule has 0 bridgehead atoms. The van der Waals surface area contributed by atoms with Gasteiger partial charge in [-0.15, -0.1) is 0 Å². The Bertz CT molecular complexity index is 547. The highest BCUT2D eigenvalue weighted by atomic mass is 79.9. The third-order valence-corrected chi connectivity index (χ3v) is 3.89. The molecule has 0 aromatic carbocycles. The van der Waals surface area contributed by atoms with E-state index in [1.807, 2.05) is 0 Å². The van der Waals surface area contributed by atoms with Gasteiger partial charge in [0.05, 0.1) is 17.9 Å². The van der Waals surface area contributed by atoms with Crippen molar-refractivity contribution in [1.82, 2.24) is 15.0 Å². The van der Waals surface area contributed by atoms with Crippen molar-refractivity contribution in [3.63, 3.8) is 0 Å². The zero-order chi connectivity index (χ0) is 13.2. The Morgan fingerprint density at radius 1 is 1.42 bits per heavy atom. The van der Waals surface area contributed by atoms with Crippen molar-refractivity contribution >= 4 is 15.9 Å². The third kappa shape index (κ3) is 2.72. The molecule has 19 heavy (non-hydrogen) atoms. The minimum atomic E-state index is -0.221. The van der Waals surface area contributed by atoms with Gasteiger partial charge in [-0.1, -0.05) is 5.16 Å². The minimum Gasteiger partial charge on any atom is -0.457 e. The predicted molar refractivity (Wildman–Crippen MR) is 72.3 cm³/mol. The lowest BCUT2D eigenvalue weighted by Gasteiger charge is -2.17. The molecule has 6 nitrogen and oxygen atoms in total. The lowest BCUT2D eigenvalue weighted by Crippen LogP contribution is -2.30. The van der Waals surface area contributed by atoms with Crippen LogP contribution in [0.15, 0.2) is 25.9 Å². The topological polar surface area (TPSA) is 81.3 Å². The molecule has 2 aromatic heterocycles. The lowest BCUT2D eigenvalue weighted by molar-refractivity contribution is 0.306. The van der Waals surface area contributed by atoms with E-state index in [4.69, 9.17) is 14.7 Å². The molecule has 0 amide bonds. The van der Waals surface area contributed by atoms with Gasteiger partial charge in [0.2, 0.25) is 0 Å². The molecule has 2 aromatic rings. The van der Waals surface area contributed by atoms with Crippen LogP contribution in [0.25, 0.3) is 11.5 Å². The Labute approximate surface area is 119 Å². The Morgan fingerprint density at radius 2 is 2.21 bits per heavy atom. The summed E-state index contributed by atoms with van der Waals surface area (Å²) in [5.41, 5.74) is 6.86. The quantitative estimate of drug-likeness (QED) is 0.927. The van der Waals surface area contributed by atoms with E-state index in [-0.39, 0.29) is 6.04 Å². The highest BCUT2D eigenvalue weighted by Gasteiger charge is 2.21. The van der Waals surface area contributed by atoms with E-state index in [0.29, 0.717) is 16.4 Å². The molecular weight excluding hydrogens is 312 g/mol. The van der Waals surface area contributed by atoms with E-state index in [0.717, 1.165) is 25.2 Å². The van der Waals surface area contributed by atoms with Gasteiger partial charge in [0.15, 0.2) is 10.5 Å². The molecule has 1 atom stereocenters. The number of rotatable bonds is 4. The Hall–Kier alpha value is -1.18. The first kappa shape index (κ1) is 12.8. The fourth-order valence-electron chi connectivity index (χ4n) is 2.27. The molecule has 1 aliphatic rings. The summed E-state index contributed by atoms with van der Waals surface area (Å²) in [6.07, 6.45) is 4.05. The fourth-order valence-corrected chi connectivity index (χ4v) is 2.68. The summed E-state index contributed by atoms with van der Waals surface area (Å²) in [6.45, 7) is 2.98. The number of furan rings is 1. The van der Waals surface area contributed by atoms with E-state index in [2.05, 4.69) is 31.0 Å². The first-order valence-electron chi connectivity index (χ1n) is 6.29. The molecule has 0 radical (unpaired) electrons. The third-order valence-electron chi connectivity index (χ3n) is 3.28. The van der Waals surface area contributed by atoms with Crippen LogP contribution in [0.1, 0.15) is 24.7 Å². The molecule has 1 saturated heterocycles. The van der Waals surface area contributed by atoms with Crippen LogP contribution in [0.5, 0.6) is 0 Å². The Kier molecular flexibility index (Phi) is 3.67. The van der Waals surface area contributed by atoms with Crippen molar-refractivity contribution in [1.29, 1.82) is 0 Å². The summed E-state index contributed by atoms with van der Waals surface area (Å²) in [5.74, 6) is 0.961. The molecule has 1 fully saturated rings. The van der Waals surface area contributed by atoms with Crippen LogP contribution < -0.4 is 5.73 Å². The smallest absolute Gasteiger partial charge is 0.262 e. The van der Waals surface area contributed by atoms with Crippen LogP contribution in [0.3, 0.4) is 0 Å². The summed E-state index contributed by atoms with van der Waals surface area (Å²) in [6, 6.07) is 1.55. The molecular formula is C12H15BrN4O2. The molecule has 1 unspecified atom stereocenters. The van der Waals surface area contributed by atoms with Crippen molar-refractivity contribution < 1.29 is 8.94 Å². The maximum Gasteiger partial charge on any atom is 0.262 e. The molecule has 0 spiro atoms. The highest BCUT2D eigenvalue weighted by molar-refractivity contribution is 9.10. The van der Waals surface area contributed by atoms with Crippen molar-refractivity contribution in [3.05, 3.63) is 22.8 Å². The van der Waals surface area contributed by atoms with E-state index in [1.165, 1.54) is 12.8 Å². The van der Waals surface area contributed by atoms with E-state index >= 15 is 0 Å². The number of likely N-dealkylation sites (tertiary alicyclic amines) is 1. The summed E-state index contributed by atoms with van der Waals surface area (Å²) in [7, 11) is 0. The number of halogens is 1. The van der Waals surface area contributed by atoms with Crippen molar-refractivity contribution in [2.75, 3.05) is 19.6 Å². The van der Waals surface area contributed by atoms with Crippen LogP contribution >= 0.6 is 15.9 Å². The number of hydrogen-bond donors (Lipinski definition) is 1. The average Bonchev–Trinajstić information content (AvgIpc) is 3.08. The predicted octanol–water partition coefficient (Wildman–Crippen LogP) is 2.19. The summed E-state index contributed by atoms with van der Waals surface area (Å²) >= 11 is 3.29. The molecule has 3 heterocycles. The van der Waals surface area contributed by atoms with Crippen LogP contribution in [0.2, 0.25) is 0 Å². The lowest BCUT2D eigenvalue weighted by atomic mass is 10.2. The SMILES string of the molecule is NC(CN1CCCC1)c1noc(-c2ccoc2Br)n1. The monoisotopic (exact) mass is 326 g/mol. The maximum absolute atomic E-state index is 6.12. The fraction of sp³-hybridized carbons (Fsp3) is 0.500. The maximum atomic E-state index is 6.12. The van der Waals surface area contributed by atoms with E-state index in [9.17, 15) is 0 Å². The molecule has 102 valence electrons. The van der Waals surface area contributed by atoms with Gasteiger partial charge in [-0.3, -0.25) is 0 Å². The largest absolute Gasteiger partial charge is 0.457 e. The van der Waals surface area contributed by atoms with Crippen LogP contribution in [-0.4, -0.2) is 34.7 Å². The van der Waals surface area contributed by atoms with Gasteiger partial charge >= 0.3 is 0 Å². The van der Waals surface area contributed by atoms with Gasteiger partial charge in [-0.2, -0.15) is 4.98 Å². The van der Waals surface area contributed by atoms with Gasteiger partial charge in [-0.05, 0) is 47.9 Å². The van der Waals surface area contributed by atoms with Gasteiger partial charge in [0.25, 0.3) is 5.89 Å². The van der Waals surface area contributed by atoms with Crippen molar-refractivity contribution in [3.8, 4) is 11.5 Å². The zero-order valence-electron chi connectivity index (χ0n) is 10.4. The molecule has 7 heteroatoms. The molecule has 1 aliphatic heterocycles. The zero-order valence-corrected chi connectivity index (χ0v) is 12.0. The molecule has 0 saturated carbocycles. The molecule has 0 aliphatic carbocycles. The normalized spacial score (nSPS) is 18.0. The van der Waals surface area contributed by atoms with Crippen molar-refractivity contribution in [2.24, 2.45) is 5.73 Å². The Morgan fingerprint density at radius 3 is 2.89 bits per heavy atom. The summed E-state index contributed by atoms with van der Waals surface area (Å²) in [4.78, 5) is 6.66. The first-order valence-corrected chi connectivity index (χ1v) is 7.08. The standard InChI is InChI=1S/C12H15BrN4O2/c13-10-8(3-6-18-10)12-15-11(16-19-12)9(14)7-17-4-1-2-5-17/h3,6,9H,1-2,4-5,7,14H2. The minimum absolute atomic E-state index is 0.221. The second kappa shape index (κ2) is 5.44. The first-order chi connectivity index (χ1) is 9.24. The number of aromatic nitrogens is 2. The highest BCUT2D eigenvalue weighted by Crippen LogP contribution is 2.28. The summed E-state index contributed by atoms with van der Waals surface area (Å²) in [5, 5.41) is 3.95. The van der Waals surface area contributed by atoms with Gasteiger partial charge in [-0.25, -0.2) is 0 Å².